The van der Waals surface area contributed by atoms with Gasteiger partial charge < -0.3 is 10.6 Å². The average Bonchev–Trinajstić information content (AvgIpc) is 2.59. The highest BCUT2D eigenvalue weighted by Crippen LogP contribution is 2.24. The highest BCUT2D eigenvalue weighted by Gasteiger charge is 2.29. The molecule has 104 valence electrons. The van der Waals surface area contributed by atoms with Crippen LogP contribution in [0.2, 0.25) is 0 Å². The van der Waals surface area contributed by atoms with Gasteiger partial charge in [-0.1, -0.05) is 11.3 Å². The fraction of sp³-hybridized carbons (Fsp3) is 0.625. The minimum atomic E-state index is -4.31. The molecular formula is C8H12ClF3N4OS. The lowest BCUT2D eigenvalue weighted by molar-refractivity contribution is -0.127. The predicted molar refractivity (Wildman–Crippen MR) is 64.1 cm³/mol. The Morgan fingerprint density at radius 3 is 2.61 bits per heavy atom. The summed E-state index contributed by atoms with van der Waals surface area (Å²) in [4.78, 5) is 11.2. The molecule has 18 heavy (non-hydrogen) atoms. The fourth-order valence-corrected chi connectivity index (χ4v) is 1.75. The number of halogens is 4. The van der Waals surface area contributed by atoms with E-state index in [2.05, 4.69) is 20.8 Å². The van der Waals surface area contributed by atoms with Gasteiger partial charge in [-0.05, 0) is 7.05 Å². The van der Waals surface area contributed by atoms with E-state index in [-0.39, 0.29) is 34.9 Å². The van der Waals surface area contributed by atoms with Crippen molar-refractivity contribution in [3.63, 3.8) is 0 Å². The van der Waals surface area contributed by atoms with Gasteiger partial charge in [0.2, 0.25) is 11.0 Å². The number of hydrogen-bond donors (Lipinski definition) is 2. The van der Waals surface area contributed by atoms with E-state index in [1.165, 1.54) is 0 Å². The first kappa shape index (κ1) is 17.1. The summed E-state index contributed by atoms with van der Waals surface area (Å²) in [5.41, 5.74) is 0. The van der Waals surface area contributed by atoms with E-state index in [4.69, 9.17) is 0 Å². The average molecular weight is 305 g/mol. The minimum absolute atomic E-state index is 0. The van der Waals surface area contributed by atoms with E-state index >= 15 is 0 Å². The zero-order valence-electron chi connectivity index (χ0n) is 9.37. The molecule has 0 saturated heterocycles. The standard InChI is InChI=1S/C8H11F3N4OS.ClH/c1-12-3-2-5(16)13-7-15-14-6(17-7)4-8(9,10)11;/h12H,2-4H2,1H3,(H,13,15,16);1H. The highest BCUT2D eigenvalue weighted by atomic mass is 35.5. The van der Waals surface area contributed by atoms with Crippen LogP contribution in [0.3, 0.4) is 0 Å². The Morgan fingerprint density at radius 2 is 2.06 bits per heavy atom. The van der Waals surface area contributed by atoms with Crippen LogP contribution in [0.15, 0.2) is 0 Å². The summed E-state index contributed by atoms with van der Waals surface area (Å²) < 4.78 is 36.1. The summed E-state index contributed by atoms with van der Waals surface area (Å²) in [6.45, 7) is 0.486. The molecule has 0 saturated carbocycles. The summed E-state index contributed by atoms with van der Waals surface area (Å²) in [7, 11) is 1.69. The molecule has 1 rings (SSSR count). The van der Waals surface area contributed by atoms with Crippen LogP contribution in [0.4, 0.5) is 18.3 Å². The second-order valence-electron chi connectivity index (χ2n) is 3.19. The predicted octanol–water partition coefficient (Wildman–Crippen LogP) is 1.61. The molecule has 1 aromatic heterocycles. The van der Waals surface area contributed by atoms with Gasteiger partial charge in [0.15, 0.2) is 0 Å². The third-order valence-electron chi connectivity index (χ3n) is 1.67. The molecular weight excluding hydrogens is 293 g/mol. The largest absolute Gasteiger partial charge is 0.395 e. The molecule has 5 nitrogen and oxygen atoms in total. The quantitative estimate of drug-likeness (QED) is 0.867. The van der Waals surface area contributed by atoms with Gasteiger partial charge in [-0.25, -0.2) is 0 Å². The second-order valence-corrected chi connectivity index (χ2v) is 4.26. The van der Waals surface area contributed by atoms with E-state index in [1.807, 2.05) is 0 Å². The molecule has 2 N–H and O–H groups in total. The number of anilines is 1. The molecule has 1 amide bonds. The van der Waals surface area contributed by atoms with E-state index in [9.17, 15) is 18.0 Å². The molecule has 0 aliphatic heterocycles. The number of rotatable bonds is 5. The molecule has 0 aliphatic rings. The van der Waals surface area contributed by atoms with Crippen LogP contribution in [0.1, 0.15) is 11.4 Å². The first-order valence-corrected chi connectivity index (χ1v) is 5.56. The lowest BCUT2D eigenvalue weighted by Crippen LogP contribution is -2.18. The van der Waals surface area contributed by atoms with Gasteiger partial charge in [0.25, 0.3) is 0 Å². The molecule has 0 fully saturated rings. The van der Waals surface area contributed by atoms with Crippen molar-refractivity contribution in [3.05, 3.63) is 5.01 Å². The topological polar surface area (TPSA) is 66.9 Å². The van der Waals surface area contributed by atoms with Gasteiger partial charge in [0, 0.05) is 13.0 Å². The van der Waals surface area contributed by atoms with E-state index in [0.717, 1.165) is 11.3 Å². The van der Waals surface area contributed by atoms with E-state index in [1.54, 1.807) is 7.05 Å². The van der Waals surface area contributed by atoms with Crippen molar-refractivity contribution in [3.8, 4) is 0 Å². The van der Waals surface area contributed by atoms with Crippen molar-refractivity contribution in [2.24, 2.45) is 0 Å². The third kappa shape index (κ3) is 6.72. The monoisotopic (exact) mass is 304 g/mol. The molecule has 0 bridgehead atoms. The Labute approximate surface area is 112 Å². The van der Waals surface area contributed by atoms with Gasteiger partial charge in [-0.3, -0.25) is 4.79 Å². The number of alkyl halides is 3. The van der Waals surface area contributed by atoms with Gasteiger partial charge in [-0.15, -0.1) is 22.6 Å². The Morgan fingerprint density at radius 1 is 1.39 bits per heavy atom. The number of aromatic nitrogens is 2. The van der Waals surface area contributed by atoms with Crippen LogP contribution >= 0.6 is 23.7 Å². The van der Waals surface area contributed by atoms with Crippen LogP contribution in [-0.2, 0) is 11.2 Å². The van der Waals surface area contributed by atoms with Crippen molar-refractivity contribution in [1.82, 2.24) is 15.5 Å². The van der Waals surface area contributed by atoms with Crippen molar-refractivity contribution in [2.45, 2.75) is 19.0 Å². The molecule has 0 unspecified atom stereocenters. The van der Waals surface area contributed by atoms with E-state index in [0.29, 0.717) is 6.54 Å². The summed E-state index contributed by atoms with van der Waals surface area (Å²) >= 11 is 0.727. The van der Waals surface area contributed by atoms with Crippen molar-refractivity contribution in [2.75, 3.05) is 18.9 Å². The Kier molecular flexibility index (Phi) is 7.11. The Hall–Kier alpha value is -0.930. The lowest BCUT2D eigenvalue weighted by Gasteiger charge is -2.01. The fourth-order valence-electron chi connectivity index (χ4n) is 0.967. The summed E-state index contributed by atoms with van der Waals surface area (Å²) in [6.07, 6.45) is -5.21. The molecule has 1 aromatic rings. The van der Waals surface area contributed by atoms with Crippen molar-refractivity contribution >= 4 is 34.8 Å². The summed E-state index contributed by atoms with van der Waals surface area (Å²) in [5, 5.41) is 11.9. The number of amides is 1. The summed E-state index contributed by atoms with van der Waals surface area (Å²) in [6, 6.07) is 0. The maximum Gasteiger partial charge on any atom is 0.395 e. The first-order valence-electron chi connectivity index (χ1n) is 4.74. The zero-order chi connectivity index (χ0) is 12.9. The minimum Gasteiger partial charge on any atom is -0.319 e. The number of hydrogen-bond acceptors (Lipinski definition) is 5. The van der Waals surface area contributed by atoms with Gasteiger partial charge in [0.1, 0.15) is 5.01 Å². The van der Waals surface area contributed by atoms with Crippen LogP contribution in [0.25, 0.3) is 0 Å². The van der Waals surface area contributed by atoms with Crippen LogP contribution < -0.4 is 10.6 Å². The Bertz CT molecular complexity index is 385. The van der Waals surface area contributed by atoms with Gasteiger partial charge >= 0.3 is 6.18 Å². The molecule has 0 radical (unpaired) electrons. The third-order valence-corrected chi connectivity index (χ3v) is 2.51. The highest BCUT2D eigenvalue weighted by molar-refractivity contribution is 7.15. The lowest BCUT2D eigenvalue weighted by atomic mass is 10.4. The number of carbonyl (C=O) groups is 1. The van der Waals surface area contributed by atoms with Crippen LogP contribution in [0.5, 0.6) is 0 Å². The maximum absolute atomic E-state index is 12.0. The molecule has 0 atom stereocenters. The SMILES string of the molecule is CNCCC(=O)Nc1nnc(CC(F)(F)F)s1.Cl. The first-order chi connectivity index (χ1) is 7.90. The van der Waals surface area contributed by atoms with Crippen LogP contribution in [0, 0.1) is 0 Å². The van der Waals surface area contributed by atoms with E-state index < -0.39 is 12.6 Å². The van der Waals surface area contributed by atoms with Crippen molar-refractivity contribution < 1.29 is 18.0 Å². The normalized spacial score (nSPS) is 10.9. The number of carbonyl (C=O) groups excluding carboxylic acids is 1. The summed E-state index contributed by atoms with van der Waals surface area (Å²) in [5.74, 6) is -0.311. The number of nitrogens with one attached hydrogen (secondary N) is 2. The molecule has 0 spiro atoms. The smallest absolute Gasteiger partial charge is 0.319 e. The van der Waals surface area contributed by atoms with Crippen LogP contribution in [-0.4, -0.2) is 35.9 Å². The molecule has 0 aromatic carbocycles. The van der Waals surface area contributed by atoms with Gasteiger partial charge in [-0.2, -0.15) is 13.2 Å². The maximum atomic E-state index is 12.0. The second kappa shape index (κ2) is 7.49. The Balaban J connectivity index is 0.00000289. The van der Waals surface area contributed by atoms with Gasteiger partial charge in [0.05, 0.1) is 6.42 Å². The molecule has 1 heterocycles. The zero-order valence-corrected chi connectivity index (χ0v) is 11.0. The number of nitrogens with zero attached hydrogens (tertiary/aromatic N) is 2. The molecule has 10 heteroatoms. The molecule has 0 aliphatic carbocycles. The van der Waals surface area contributed by atoms with Crippen molar-refractivity contribution in [1.29, 1.82) is 0 Å².